The monoisotopic (exact) mass is 665 g/mol. The Hall–Kier alpha value is -3.02. The van der Waals surface area contributed by atoms with Gasteiger partial charge in [0, 0.05) is 61.3 Å². The first-order valence-electron chi connectivity index (χ1n) is 17.0. The first-order valence-corrected chi connectivity index (χ1v) is 17.0. The number of carbonyl (C=O) groups is 2. The summed E-state index contributed by atoms with van der Waals surface area (Å²) in [6, 6.07) is 0. The van der Waals surface area contributed by atoms with E-state index in [9.17, 15) is 22.8 Å². The van der Waals surface area contributed by atoms with Crippen LogP contribution in [0.3, 0.4) is 0 Å². The molecule has 47 heavy (non-hydrogen) atoms. The number of allylic oxidation sites excluding steroid dienone is 1. The van der Waals surface area contributed by atoms with Crippen LogP contribution in [0.15, 0.2) is 18.6 Å². The highest BCUT2D eigenvalue weighted by atomic mass is 19.3. The van der Waals surface area contributed by atoms with Crippen molar-refractivity contribution in [3.63, 3.8) is 0 Å². The molecule has 1 N–H and O–H groups in total. The van der Waals surface area contributed by atoms with E-state index in [4.69, 9.17) is 15.1 Å². The van der Waals surface area contributed by atoms with Crippen LogP contribution in [-0.4, -0.2) is 80.9 Å². The van der Waals surface area contributed by atoms with E-state index in [0.29, 0.717) is 25.0 Å². The first-order chi connectivity index (χ1) is 21.7. The zero-order valence-corrected chi connectivity index (χ0v) is 30.5. The topological polar surface area (TPSA) is 95.7 Å². The van der Waals surface area contributed by atoms with Gasteiger partial charge in [-0.1, -0.05) is 55.0 Å². The minimum Gasteiger partial charge on any atom is -0.356 e. The van der Waals surface area contributed by atoms with Crippen molar-refractivity contribution < 1.29 is 22.8 Å². The second-order valence-electron chi connectivity index (χ2n) is 14.4. The predicted molar refractivity (Wildman–Crippen MR) is 183 cm³/mol. The van der Waals surface area contributed by atoms with Gasteiger partial charge in [-0.2, -0.15) is 10.1 Å². The molecule has 2 aliphatic heterocycles. The van der Waals surface area contributed by atoms with E-state index in [2.05, 4.69) is 42.6 Å². The molecule has 2 aromatic heterocycles. The molecule has 0 aliphatic carbocycles. The lowest BCUT2D eigenvalue weighted by Crippen LogP contribution is -2.58. The number of Topliss-reactive ketones (excluding diaryl/α,β-unsaturated/α-hetero) is 1. The first kappa shape index (κ1) is 40.2. The average Bonchev–Trinajstić information content (AvgIpc) is 3.41. The fourth-order valence-electron chi connectivity index (χ4n) is 5.43. The van der Waals surface area contributed by atoms with Gasteiger partial charge < -0.3 is 10.2 Å². The average molecular weight is 666 g/mol. The minimum atomic E-state index is -2.75. The number of carbonyl (C=O) groups excluding carboxylic acids is 2. The number of rotatable bonds is 10. The van der Waals surface area contributed by atoms with Crippen molar-refractivity contribution in [1.82, 2.24) is 29.8 Å². The molecule has 0 bridgehead atoms. The van der Waals surface area contributed by atoms with Gasteiger partial charge in [0.15, 0.2) is 17.4 Å². The molecule has 1 unspecified atom stereocenters. The molecule has 0 saturated carbocycles. The van der Waals surface area contributed by atoms with E-state index in [1.54, 1.807) is 32.2 Å². The number of amides is 1. The third-order valence-corrected chi connectivity index (χ3v) is 9.52. The molecular formula is C35H58F3N7O2. The Morgan fingerprint density at radius 1 is 1.15 bits per heavy atom. The summed E-state index contributed by atoms with van der Waals surface area (Å²) < 4.78 is 41.5. The molecular weight excluding hydrogens is 607 g/mol. The molecule has 0 radical (unpaired) electrons. The fraction of sp³-hybridized carbons (Fsp3) is 0.743. The molecule has 2 fully saturated rings. The van der Waals surface area contributed by atoms with E-state index in [1.165, 1.54) is 0 Å². The van der Waals surface area contributed by atoms with Crippen LogP contribution >= 0.6 is 0 Å². The number of imidazole rings is 1. The Labute approximate surface area is 279 Å². The summed E-state index contributed by atoms with van der Waals surface area (Å²) in [5.41, 5.74) is 0.478. The number of nitrogens with one attached hydrogen (secondary N) is 1. The molecule has 9 nitrogen and oxygen atoms in total. The number of anilines is 1. The summed E-state index contributed by atoms with van der Waals surface area (Å²) in [6.45, 7) is 24.0. The number of nitrogens with zero attached hydrogens (tertiary/aromatic N) is 6. The lowest BCUT2D eigenvalue weighted by Gasteiger charge is -2.46. The maximum Gasteiger partial charge on any atom is 0.252 e. The highest BCUT2D eigenvalue weighted by Gasteiger charge is 2.41. The molecule has 266 valence electrons. The van der Waals surface area contributed by atoms with Gasteiger partial charge in [0.2, 0.25) is 11.8 Å². The molecule has 1 amide bonds. The van der Waals surface area contributed by atoms with Gasteiger partial charge in [-0.25, -0.2) is 22.7 Å². The fourth-order valence-corrected chi connectivity index (χ4v) is 5.43. The second-order valence-corrected chi connectivity index (χ2v) is 14.4. The molecule has 2 atom stereocenters. The van der Waals surface area contributed by atoms with Gasteiger partial charge in [-0.15, -0.1) is 0 Å². The van der Waals surface area contributed by atoms with E-state index >= 15 is 0 Å². The Morgan fingerprint density at radius 3 is 2.30 bits per heavy atom. The zero-order valence-electron chi connectivity index (χ0n) is 30.5. The highest BCUT2D eigenvalue weighted by molar-refractivity contribution is 5.93. The van der Waals surface area contributed by atoms with Gasteiger partial charge >= 0.3 is 0 Å². The number of halogens is 3. The van der Waals surface area contributed by atoms with Crippen molar-refractivity contribution in [2.45, 2.75) is 119 Å². The standard InChI is InChI=1S/C27H43F2N7O.C6H9FO.C2H6/c1-18(10-11-25(2,3)27(6,28)29)21-16-36-24(31-21)32-22(35-14-13-34(7)26(4,5)17-35)20(33-36)15-19-9-8-12-30-23(19)37;1-4(2)6(8)5(3)7;1-2/h16,18-19H,8-15,17H2,1-7H3,(H,30,37);4H,3H2,1-2H3;1-2H3/t18?,19-;;/m1../s1. The van der Waals surface area contributed by atoms with Crippen molar-refractivity contribution in [1.29, 1.82) is 0 Å². The minimum absolute atomic E-state index is 0.0104. The van der Waals surface area contributed by atoms with Crippen LogP contribution in [0.2, 0.25) is 0 Å². The largest absolute Gasteiger partial charge is 0.356 e. The summed E-state index contributed by atoms with van der Waals surface area (Å²) in [7, 11) is 2.14. The Bertz CT molecular complexity index is 1370. The number of alkyl halides is 2. The quantitative estimate of drug-likeness (QED) is 0.273. The number of hydrogen-bond donors (Lipinski definition) is 1. The van der Waals surface area contributed by atoms with Crippen LogP contribution in [0, 0.1) is 17.3 Å². The van der Waals surface area contributed by atoms with Crippen molar-refractivity contribution in [2.75, 3.05) is 38.1 Å². The Morgan fingerprint density at radius 2 is 1.79 bits per heavy atom. The molecule has 12 heteroatoms. The smallest absolute Gasteiger partial charge is 0.252 e. The van der Waals surface area contributed by atoms with E-state index in [1.807, 2.05) is 27.0 Å². The molecule has 2 saturated heterocycles. The van der Waals surface area contributed by atoms with Gasteiger partial charge in [-0.05, 0) is 53.5 Å². The van der Waals surface area contributed by atoms with Crippen molar-refractivity contribution in [3.05, 3.63) is 30.0 Å². The van der Waals surface area contributed by atoms with Gasteiger partial charge in [-0.3, -0.25) is 14.5 Å². The van der Waals surface area contributed by atoms with Crippen LogP contribution < -0.4 is 10.2 Å². The van der Waals surface area contributed by atoms with Crippen molar-refractivity contribution in [3.8, 4) is 0 Å². The van der Waals surface area contributed by atoms with Crippen LogP contribution in [-0.2, 0) is 16.0 Å². The Balaban J connectivity index is 0.000000672. The molecule has 4 heterocycles. The van der Waals surface area contributed by atoms with Crippen molar-refractivity contribution in [2.24, 2.45) is 17.3 Å². The Kier molecular flexibility index (Phi) is 14.0. The maximum atomic E-state index is 14.0. The SMILES string of the molecule is C=C(F)C(=O)C(C)C.CC.CC(CCC(C)(C)C(C)(F)F)c1cn2nc(C[C@H]3CCCNC3=O)c(N3CCN(C)C(C)(C)C3)nc2n1. The van der Waals surface area contributed by atoms with Crippen molar-refractivity contribution >= 4 is 23.3 Å². The van der Waals surface area contributed by atoms with Crippen LogP contribution in [0.5, 0.6) is 0 Å². The number of piperidine rings is 1. The van der Waals surface area contributed by atoms with Crippen LogP contribution in [0.4, 0.5) is 19.0 Å². The predicted octanol–water partition coefficient (Wildman–Crippen LogP) is 7.01. The summed E-state index contributed by atoms with van der Waals surface area (Å²) in [5.74, 6) is -3.14. The zero-order chi connectivity index (χ0) is 35.9. The van der Waals surface area contributed by atoms with Crippen LogP contribution in [0.25, 0.3) is 5.78 Å². The highest BCUT2D eigenvalue weighted by Crippen LogP contribution is 2.41. The summed E-state index contributed by atoms with van der Waals surface area (Å²) in [5, 5.41) is 7.92. The number of ketones is 1. The molecule has 4 rings (SSSR count). The number of fused-ring (bicyclic) bond motifs is 1. The molecule has 2 aliphatic rings. The van der Waals surface area contributed by atoms with E-state index in [0.717, 1.165) is 63.2 Å². The van der Waals surface area contributed by atoms with Gasteiger partial charge in [0.25, 0.3) is 5.78 Å². The lowest BCUT2D eigenvalue weighted by atomic mass is 9.79. The normalized spacial score (nSPS) is 19.3. The number of piperazine rings is 1. The number of aromatic nitrogens is 4. The van der Waals surface area contributed by atoms with Gasteiger partial charge in [0.1, 0.15) is 5.69 Å². The summed E-state index contributed by atoms with van der Waals surface area (Å²) in [4.78, 5) is 37.3. The summed E-state index contributed by atoms with van der Waals surface area (Å²) >= 11 is 0. The lowest BCUT2D eigenvalue weighted by molar-refractivity contribution is -0.126. The van der Waals surface area contributed by atoms with E-state index in [-0.39, 0.29) is 29.2 Å². The molecule has 2 aromatic rings. The van der Waals surface area contributed by atoms with Crippen LogP contribution in [0.1, 0.15) is 112 Å². The molecule has 0 aromatic carbocycles. The summed E-state index contributed by atoms with van der Waals surface area (Å²) in [6.07, 6.45) is 5.17. The maximum absolute atomic E-state index is 14.0. The molecule has 0 spiro atoms. The third kappa shape index (κ3) is 10.5. The van der Waals surface area contributed by atoms with Gasteiger partial charge in [0.05, 0.1) is 11.9 Å². The van der Waals surface area contributed by atoms with E-state index < -0.39 is 22.9 Å². The number of likely N-dealkylation sites (N-methyl/N-ethyl adjacent to an activating group) is 1. The third-order valence-electron chi connectivity index (χ3n) is 9.52. The number of hydrogen-bond acceptors (Lipinski definition) is 7. The second kappa shape index (κ2) is 16.4.